The van der Waals surface area contributed by atoms with Crippen molar-refractivity contribution in [2.75, 3.05) is 6.61 Å². The quantitative estimate of drug-likeness (QED) is 0.864. The highest BCUT2D eigenvalue weighted by Gasteiger charge is 2.22. The van der Waals surface area contributed by atoms with E-state index in [-0.39, 0.29) is 24.6 Å². The van der Waals surface area contributed by atoms with Crippen molar-refractivity contribution in [2.45, 2.75) is 39.8 Å². The zero-order valence-corrected chi connectivity index (χ0v) is 13.4. The monoisotopic (exact) mass is 302 g/mol. The van der Waals surface area contributed by atoms with E-state index in [2.05, 4.69) is 4.98 Å². The molecule has 0 radical (unpaired) electrons. The number of hydrogen-bond acceptors (Lipinski definition) is 3. The number of rotatable bonds is 5. The second-order valence-corrected chi connectivity index (χ2v) is 5.81. The first-order chi connectivity index (χ1) is 10.4. The molecule has 0 bridgehead atoms. The van der Waals surface area contributed by atoms with Crippen LogP contribution >= 0.6 is 0 Å². The lowest BCUT2D eigenvalue weighted by molar-refractivity contribution is -0.138. The van der Waals surface area contributed by atoms with Crippen molar-refractivity contribution >= 4 is 22.8 Å². The number of H-pyrrole nitrogens is 1. The third-order valence-electron chi connectivity index (χ3n) is 3.54. The Morgan fingerprint density at radius 1 is 1.14 bits per heavy atom. The molecule has 0 aliphatic heterocycles. The predicted molar refractivity (Wildman–Crippen MR) is 85.7 cm³/mol. The van der Waals surface area contributed by atoms with E-state index in [0.717, 1.165) is 10.9 Å². The van der Waals surface area contributed by atoms with Crippen molar-refractivity contribution in [1.82, 2.24) is 9.88 Å². The molecule has 0 aliphatic carbocycles. The number of benzene rings is 1. The maximum atomic E-state index is 12.2. The minimum Gasteiger partial charge on any atom is -0.452 e. The van der Waals surface area contributed by atoms with Gasteiger partial charge in [0.2, 0.25) is 0 Å². The summed E-state index contributed by atoms with van der Waals surface area (Å²) < 4.78 is 5.19. The Balaban J connectivity index is 2.05. The van der Waals surface area contributed by atoms with E-state index in [1.807, 2.05) is 52.0 Å². The second-order valence-electron chi connectivity index (χ2n) is 5.81. The zero-order valence-electron chi connectivity index (χ0n) is 13.4. The average Bonchev–Trinajstić information content (AvgIpc) is 2.88. The van der Waals surface area contributed by atoms with Crippen LogP contribution in [0.5, 0.6) is 0 Å². The van der Waals surface area contributed by atoms with Crippen LogP contribution in [0.1, 0.15) is 38.1 Å². The maximum absolute atomic E-state index is 12.2. The van der Waals surface area contributed by atoms with Crippen LogP contribution in [0.15, 0.2) is 30.5 Å². The Bertz CT molecular complexity index is 665. The first-order valence-electron chi connectivity index (χ1n) is 7.46. The van der Waals surface area contributed by atoms with Crippen molar-refractivity contribution in [3.05, 3.63) is 36.0 Å². The Morgan fingerprint density at radius 2 is 1.77 bits per heavy atom. The van der Waals surface area contributed by atoms with Crippen molar-refractivity contribution in [3.8, 4) is 0 Å². The molecule has 5 heteroatoms. The fraction of sp³-hybridized carbons (Fsp3) is 0.412. The fourth-order valence-electron chi connectivity index (χ4n) is 2.69. The third kappa shape index (κ3) is 3.30. The van der Waals surface area contributed by atoms with Crippen LogP contribution in [-0.4, -0.2) is 40.5 Å². The van der Waals surface area contributed by atoms with Gasteiger partial charge in [-0.15, -0.1) is 0 Å². The third-order valence-corrected chi connectivity index (χ3v) is 3.54. The van der Waals surface area contributed by atoms with Crippen molar-refractivity contribution in [3.63, 3.8) is 0 Å². The second kappa shape index (κ2) is 6.64. The highest BCUT2D eigenvalue weighted by Crippen LogP contribution is 2.18. The van der Waals surface area contributed by atoms with E-state index in [4.69, 9.17) is 4.74 Å². The van der Waals surface area contributed by atoms with Crippen LogP contribution in [-0.2, 0) is 9.53 Å². The summed E-state index contributed by atoms with van der Waals surface area (Å²) >= 11 is 0. The predicted octanol–water partition coefficient (Wildman–Crippen LogP) is 2.97. The van der Waals surface area contributed by atoms with Crippen molar-refractivity contribution < 1.29 is 14.3 Å². The molecule has 118 valence electrons. The number of aromatic nitrogens is 1. The molecule has 0 atom stereocenters. The van der Waals surface area contributed by atoms with Gasteiger partial charge >= 0.3 is 5.97 Å². The standard InChI is InChI=1S/C17H22N2O3/c1-11(2)19(12(3)4)16(20)10-22-17(21)14-9-18-15-8-6-5-7-13(14)15/h5-9,11-12,18H,10H2,1-4H3. The molecule has 2 aromatic rings. The van der Waals surface area contributed by atoms with Crippen molar-refractivity contribution in [2.24, 2.45) is 0 Å². The molecule has 0 saturated carbocycles. The first-order valence-corrected chi connectivity index (χ1v) is 7.46. The molecule has 0 unspecified atom stereocenters. The van der Waals surface area contributed by atoms with E-state index in [0.29, 0.717) is 5.56 Å². The molecule has 1 aromatic heterocycles. The zero-order chi connectivity index (χ0) is 16.3. The summed E-state index contributed by atoms with van der Waals surface area (Å²) in [6.45, 7) is 7.53. The number of carbonyl (C=O) groups excluding carboxylic acids is 2. The van der Waals surface area contributed by atoms with Crippen LogP contribution in [0.3, 0.4) is 0 Å². The number of carbonyl (C=O) groups is 2. The fourth-order valence-corrected chi connectivity index (χ4v) is 2.69. The van der Waals surface area contributed by atoms with Gasteiger partial charge in [0.1, 0.15) is 0 Å². The molecule has 1 amide bonds. The lowest BCUT2D eigenvalue weighted by Crippen LogP contribution is -2.44. The van der Waals surface area contributed by atoms with E-state index >= 15 is 0 Å². The Morgan fingerprint density at radius 3 is 2.41 bits per heavy atom. The number of esters is 1. The molecular weight excluding hydrogens is 280 g/mol. The van der Waals surface area contributed by atoms with Gasteiger partial charge in [0, 0.05) is 29.2 Å². The van der Waals surface area contributed by atoms with Crippen LogP contribution in [0.25, 0.3) is 10.9 Å². The Hall–Kier alpha value is -2.30. The smallest absolute Gasteiger partial charge is 0.340 e. The molecule has 0 saturated heterocycles. The summed E-state index contributed by atoms with van der Waals surface area (Å²) in [5.41, 5.74) is 1.32. The Kier molecular flexibility index (Phi) is 4.85. The van der Waals surface area contributed by atoms with E-state index in [1.165, 1.54) is 0 Å². The molecule has 0 spiro atoms. The lowest BCUT2D eigenvalue weighted by atomic mass is 10.2. The molecule has 1 aromatic carbocycles. The number of aromatic amines is 1. The molecule has 22 heavy (non-hydrogen) atoms. The number of para-hydroxylation sites is 1. The molecule has 1 N–H and O–H groups in total. The van der Waals surface area contributed by atoms with Gasteiger partial charge < -0.3 is 14.6 Å². The topological polar surface area (TPSA) is 62.4 Å². The number of hydrogen-bond donors (Lipinski definition) is 1. The van der Waals surface area contributed by atoms with Crippen LogP contribution in [0.2, 0.25) is 0 Å². The summed E-state index contributed by atoms with van der Waals surface area (Å²) in [5.74, 6) is -0.670. The summed E-state index contributed by atoms with van der Waals surface area (Å²) in [7, 11) is 0. The van der Waals surface area contributed by atoms with Crippen LogP contribution in [0, 0.1) is 0 Å². The van der Waals surface area contributed by atoms with Gasteiger partial charge in [0.05, 0.1) is 5.56 Å². The summed E-state index contributed by atoms with van der Waals surface area (Å²) in [6, 6.07) is 7.62. The maximum Gasteiger partial charge on any atom is 0.340 e. The van der Waals surface area contributed by atoms with Gasteiger partial charge in [-0.3, -0.25) is 4.79 Å². The molecule has 0 fully saturated rings. The van der Waals surface area contributed by atoms with E-state index in [1.54, 1.807) is 11.1 Å². The van der Waals surface area contributed by atoms with Gasteiger partial charge in [0.25, 0.3) is 5.91 Å². The van der Waals surface area contributed by atoms with Gasteiger partial charge in [0.15, 0.2) is 6.61 Å². The minimum absolute atomic E-state index is 0.0688. The number of ether oxygens (including phenoxy) is 1. The summed E-state index contributed by atoms with van der Waals surface area (Å²) in [6.07, 6.45) is 1.61. The number of amides is 1. The highest BCUT2D eigenvalue weighted by molar-refractivity contribution is 6.04. The van der Waals surface area contributed by atoms with Crippen LogP contribution in [0.4, 0.5) is 0 Å². The molecular formula is C17H22N2O3. The molecule has 5 nitrogen and oxygen atoms in total. The number of fused-ring (bicyclic) bond motifs is 1. The average molecular weight is 302 g/mol. The van der Waals surface area contributed by atoms with Gasteiger partial charge in [-0.25, -0.2) is 4.79 Å². The summed E-state index contributed by atoms with van der Waals surface area (Å²) in [5, 5.41) is 0.796. The SMILES string of the molecule is CC(C)N(C(=O)COC(=O)c1c[nH]c2ccccc12)C(C)C. The van der Waals surface area contributed by atoms with Gasteiger partial charge in [-0.1, -0.05) is 18.2 Å². The molecule has 0 aliphatic rings. The summed E-state index contributed by atoms with van der Waals surface area (Å²) in [4.78, 5) is 29.1. The normalized spacial score (nSPS) is 11.2. The largest absolute Gasteiger partial charge is 0.452 e. The number of nitrogens with one attached hydrogen (secondary N) is 1. The van der Waals surface area contributed by atoms with Crippen molar-refractivity contribution in [1.29, 1.82) is 0 Å². The van der Waals surface area contributed by atoms with E-state index in [9.17, 15) is 9.59 Å². The van der Waals surface area contributed by atoms with Crippen LogP contribution < -0.4 is 0 Å². The minimum atomic E-state index is -0.488. The molecule has 1 heterocycles. The highest BCUT2D eigenvalue weighted by atomic mass is 16.5. The number of nitrogens with zero attached hydrogens (tertiary/aromatic N) is 1. The van der Waals surface area contributed by atoms with Gasteiger partial charge in [-0.05, 0) is 33.8 Å². The lowest BCUT2D eigenvalue weighted by Gasteiger charge is -2.30. The van der Waals surface area contributed by atoms with Gasteiger partial charge in [-0.2, -0.15) is 0 Å². The van der Waals surface area contributed by atoms with E-state index < -0.39 is 5.97 Å². The molecule has 2 rings (SSSR count). The Labute approximate surface area is 130 Å². The first kappa shape index (κ1) is 16.1.